The van der Waals surface area contributed by atoms with Crippen LogP contribution in [0.15, 0.2) is 73.2 Å². The average molecular weight is 450 g/mol. The maximum Gasteiger partial charge on any atom is 0.326 e. The lowest BCUT2D eigenvalue weighted by molar-refractivity contribution is -0.142. The lowest BCUT2D eigenvalue weighted by atomic mass is 10.0. The van der Waals surface area contributed by atoms with E-state index < -0.39 is 35.9 Å². The lowest BCUT2D eigenvalue weighted by Gasteiger charge is -2.23. The Morgan fingerprint density at radius 2 is 1.42 bits per heavy atom. The third-order valence-electron chi connectivity index (χ3n) is 5.14. The number of nitrogens with zero attached hydrogens (tertiary/aromatic N) is 1. The smallest absolute Gasteiger partial charge is 0.326 e. The molecule has 2 amide bonds. The number of hydrogen-bond donors (Lipinski definition) is 5. The Bertz CT molecular complexity index is 1040. The summed E-state index contributed by atoms with van der Waals surface area (Å²) in [5.41, 5.74) is 8.36. The Morgan fingerprint density at radius 3 is 1.97 bits per heavy atom. The Labute approximate surface area is 191 Å². The first kappa shape index (κ1) is 23.7. The van der Waals surface area contributed by atoms with Crippen molar-refractivity contribution in [3.63, 3.8) is 0 Å². The Kier molecular flexibility index (Phi) is 8.31. The van der Waals surface area contributed by atoms with Gasteiger partial charge in [-0.05, 0) is 17.5 Å². The highest BCUT2D eigenvalue weighted by molar-refractivity contribution is 5.92. The number of aliphatic carboxylic acids is 1. The van der Waals surface area contributed by atoms with E-state index in [0.717, 1.165) is 11.1 Å². The van der Waals surface area contributed by atoms with Gasteiger partial charge in [0, 0.05) is 24.7 Å². The van der Waals surface area contributed by atoms with Crippen LogP contribution in [0.4, 0.5) is 0 Å². The molecule has 3 atom stereocenters. The molecule has 9 nitrogen and oxygen atoms in total. The highest BCUT2D eigenvalue weighted by Crippen LogP contribution is 2.07. The number of H-pyrrole nitrogens is 1. The van der Waals surface area contributed by atoms with E-state index in [-0.39, 0.29) is 12.8 Å². The third kappa shape index (κ3) is 7.29. The number of aromatic nitrogens is 2. The van der Waals surface area contributed by atoms with E-state index in [1.54, 1.807) is 0 Å². The van der Waals surface area contributed by atoms with Crippen molar-refractivity contribution in [3.05, 3.63) is 90.0 Å². The Morgan fingerprint density at radius 1 is 0.848 bits per heavy atom. The van der Waals surface area contributed by atoms with Gasteiger partial charge in [-0.25, -0.2) is 9.78 Å². The van der Waals surface area contributed by atoms with E-state index in [2.05, 4.69) is 20.6 Å². The van der Waals surface area contributed by atoms with Crippen molar-refractivity contribution in [1.29, 1.82) is 0 Å². The average Bonchev–Trinajstić information content (AvgIpc) is 3.32. The van der Waals surface area contributed by atoms with Crippen LogP contribution in [0.2, 0.25) is 0 Å². The Balaban J connectivity index is 1.71. The molecule has 0 fully saturated rings. The summed E-state index contributed by atoms with van der Waals surface area (Å²) in [7, 11) is 0. The monoisotopic (exact) mass is 449 g/mol. The number of carboxylic acids is 1. The zero-order valence-electron chi connectivity index (χ0n) is 18.0. The fourth-order valence-corrected chi connectivity index (χ4v) is 3.39. The number of imidazole rings is 1. The minimum atomic E-state index is -1.19. The molecule has 3 aromatic rings. The van der Waals surface area contributed by atoms with Gasteiger partial charge >= 0.3 is 5.97 Å². The second kappa shape index (κ2) is 11.6. The van der Waals surface area contributed by atoms with Crippen molar-refractivity contribution in [2.75, 3.05) is 0 Å². The van der Waals surface area contributed by atoms with E-state index >= 15 is 0 Å². The molecule has 0 saturated heterocycles. The largest absolute Gasteiger partial charge is 0.480 e. The molecule has 0 spiro atoms. The van der Waals surface area contributed by atoms with Crippen molar-refractivity contribution < 1.29 is 19.5 Å². The van der Waals surface area contributed by atoms with E-state index in [1.165, 1.54) is 12.5 Å². The van der Waals surface area contributed by atoms with Gasteiger partial charge in [-0.2, -0.15) is 0 Å². The van der Waals surface area contributed by atoms with Gasteiger partial charge in [0.1, 0.15) is 12.1 Å². The molecular formula is C24H27N5O4. The van der Waals surface area contributed by atoms with Crippen molar-refractivity contribution >= 4 is 17.8 Å². The lowest BCUT2D eigenvalue weighted by Crippen LogP contribution is -2.55. The van der Waals surface area contributed by atoms with Gasteiger partial charge in [0.15, 0.2) is 0 Å². The van der Waals surface area contributed by atoms with Gasteiger partial charge in [-0.3, -0.25) is 9.59 Å². The number of hydrogen-bond acceptors (Lipinski definition) is 5. The maximum atomic E-state index is 13.1. The molecule has 9 heteroatoms. The molecule has 0 bridgehead atoms. The van der Waals surface area contributed by atoms with Crippen LogP contribution in [-0.2, 0) is 33.6 Å². The quantitative estimate of drug-likeness (QED) is 0.292. The molecular weight excluding hydrogens is 422 g/mol. The van der Waals surface area contributed by atoms with Crippen LogP contribution in [-0.4, -0.2) is 51.0 Å². The normalized spacial score (nSPS) is 13.5. The highest BCUT2D eigenvalue weighted by atomic mass is 16.4. The van der Waals surface area contributed by atoms with Crippen molar-refractivity contribution in [1.82, 2.24) is 20.6 Å². The van der Waals surface area contributed by atoms with E-state index in [9.17, 15) is 19.5 Å². The van der Waals surface area contributed by atoms with Crippen LogP contribution in [0.25, 0.3) is 0 Å². The standard InChI is InChI=1S/C24H27N5O4/c25-19(11-16-7-3-1-4-8-16)22(30)28-20(12-17-9-5-2-6-10-17)23(31)29-21(24(32)33)13-18-14-26-15-27-18/h1-10,14-15,19-21H,11-13,25H2,(H,26,27)(H,28,30)(H,29,31)(H,32,33). The number of carboxylic acid groups (broad SMARTS) is 1. The van der Waals surface area contributed by atoms with E-state index in [4.69, 9.17) is 5.73 Å². The van der Waals surface area contributed by atoms with Crippen LogP contribution in [0.3, 0.4) is 0 Å². The van der Waals surface area contributed by atoms with Crippen LogP contribution in [0.1, 0.15) is 16.8 Å². The summed E-state index contributed by atoms with van der Waals surface area (Å²) in [6, 6.07) is 15.4. The number of benzene rings is 2. The Hall–Kier alpha value is -3.98. The minimum absolute atomic E-state index is 0.0284. The number of amides is 2. The van der Waals surface area contributed by atoms with Gasteiger partial charge in [-0.1, -0.05) is 60.7 Å². The van der Waals surface area contributed by atoms with Gasteiger partial charge in [0.05, 0.1) is 12.4 Å². The summed E-state index contributed by atoms with van der Waals surface area (Å²) in [5.74, 6) is -2.29. The molecule has 0 aliphatic heterocycles. The van der Waals surface area contributed by atoms with Crippen molar-refractivity contribution in [2.24, 2.45) is 5.73 Å². The fraction of sp³-hybridized carbons (Fsp3) is 0.250. The number of nitrogens with two attached hydrogens (primary N) is 1. The summed E-state index contributed by atoms with van der Waals surface area (Å²) < 4.78 is 0. The topological polar surface area (TPSA) is 150 Å². The summed E-state index contributed by atoms with van der Waals surface area (Å²) in [5, 5.41) is 14.8. The summed E-state index contributed by atoms with van der Waals surface area (Å²) in [6.45, 7) is 0. The molecule has 3 rings (SSSR count). The van der Waals surface area contributed by atoms with Gasteiger partial charge in [-0.15, -0.1) is 0 Å². The van der Waals surface area contributed by atoms with Crippen LogP contribution in [0, 0.1) is 0 Å². The molecule has 0 saturated carbocycles. The molecule has 0 radical (unpaired) electrons. The number of aromatic amines is 1. The molecule has 1 heterocycles. The number of rotatable bonds is 11. The van der Waals surface area contributed by atoms with Gasteiger partial charge in [0.2, 0.25) is 11.8 Å². The van der Waals surface area contributed by atoms with Gasteiger partial charge in [0.25, 0.3) is 0 Å². The summed E-state index contributed by atoms with van der Waals surface area (Å²) >= 11 is 0. The second-order valence-electron chi connectivity index (χ2n) is 7.73. The predicted molar refractivity (Wildman–Crippen MR) is 122 cm³/mol. The third-order valence-corrected chi connectivity index (χ3v) is 5.14. The van der Waals surface area contributed by atoms with Crippen LogP contribution in [0.5, 0.6) is 0 Å². The first-order valence-corrected chi connectivity index (χ1v) is 10.6. The first-order valence-electron chi connectivity index (χ1n) is 10.6. The molecule has 172 valence electrons. The second-order valence-corrected chi connectivity index (χ2v) is 7.73. The summed E-state index contributed by atoms with van der Waals surface area (Å²) in [6.07, 6.45) is 3.45. The maximum absolute atomic E-state index is 13.1. The van der Waals surface area contributed by atoms with Gasteiger partial charge < -0.3 is 26.5 Å². The summed E-state index contributed by atoms with van der Waals surface area (Å²) in [4.78, 5) is 44.2. The van der Waals surface area contributed by atoms with Crippen LogP contribution < -0.4 is 16.4 Å². The fourth-order valence-electron chi connectivity index (χ4n) is 3.39. The van der Waals surface area contributed by atoms with E-state index in [1.807, 2.05) is 60.7 Å². The zero-order chi connectivity index (χ0) is 23.6. The SMILES string of the molecule is NC(Cc1ccccc1)C(=O)NC(Cc1ccccc1)C(=O)NC(Cc1cnc[nH]1)C(=O)O. The van der Waals surface area contributed by atoms with E-state index in [0.29, 0.717) is 12.1 Å². The number of carbonyl (C=O) groups is 3. The molecule has 6 N–H and O–H groups in total. The van der Waals surface area contributed by atoms with Crippen LogP contribution >= 0.6 is 0 Å². The number of carbonyl (C=O) groups excluding carboxylic acids is 2. The number of nitrogens with one attached hydrogen (secondary N) is 3. The predicted octanol–water partition coefficient (Wildman–Crippen LogP) is 0.819. The van der Waals surface area contributed by atoms with Crippen molar-refractivity contribution in [3.8, 4) is 0 Å². The molecule has 33 heavy (non-hydrogen) atoms. The molecule has 3 unspecified atom stereocenters. The molecule has 1 aromatic heterocycles. The highest BCUT2D eigenvalue weighted by Gasteiger charge is 2.28. The minimum Gasteiger partial charge on any atom is -0.480 e. The molecule has 0 aliphatic rings. The first-order chi connectivity index (χ1) is 15.9. The molecule has 2 aromatic carbocycles. The van der Waals surface area contributed by atoms with Crippen molar-refractivity contribution in [2.45, 2.75) is 37.4 Å². The zero-order valence-corrected chi connectivity index (χ0v) is 18.0. The molecule has 0 aliphatic carbocycles.